The van der Waals surface area contributed by atoms with Crippen molar-refractivity contribution in [2.24, 2.45) is 5.73 Å². The number of carboxylic acid groups (broad SMARTS) is 1. The molecule has 0 amide bonds. The molecule has 0 radical (unpaired) electrons. The molecule has 0 aromatic heterocycles. The van der Waals surface area contributed by atoms with E-state index in [1.807, 2.05) is 0 Å². The smallest absolute Gasteiger partial charge is 0.321 e. The Morgan fingerprint density at radius 3 is 1.91 bits per heavy atom. The third-order valence-corrected chi connectivity index (χ3v) is 1.31. The van der Waals surface area contributed by atoms with E-state index in [2.05, 4.69) is 12.6 Å². The van der Waals surface area contributed by atoms with Gasteiger partial charge in [-0.05, 0) is 13.8 Å². The van der Waals surface area contributed by atoms with Gasteiger partial charge in [0.1, 0.15) is 6.04 Å². The van der Waals surface area contributed by atoms with Gasteiger partial charge in [0.05, 0.1) is 0 Å². The molecule has 0 saturated heterocycles. The van der Waals surface area contributed by atoms with Gasteiger partial charge in [-0.1, -0.05) is 0 Å². The Bertz CT molecular complexity index is 125. The maximum atomic E-state index is 10.2. The van der Waals surface area contributed by atoms with Crippen LogP contribution in [-0.2, 0) is 4.79 Å². The maximum Gasteiger partial charge on any atom is 0.321 e. The standard InChI is InChI=1S/C5H11NO2S.ClH.H2O/c1-5(2,9)3(6)4(7)8;;/h3,9H,6H2,1-2H3,(H,7,8);1H;1H2/t3-;;/m1../s1. The molecule has 4 nitrogen and oxygen atoms in total. The largest absolute Gasteiger partial charge is 0.480 e. The van der Waals surface area contributed by atoms with Crippen LogP contribution in [0.15, 0.2) is 0 Å². The molecule has 0 fully saturated rings. The van der Waals surface area contributed by atoms with Crippen molar-refractivity contribution in [3.63, 3.8) is 0 Å². The number of carboxylic acids is 1. The van der Waals surface area contributed by atoms with Gasteiger partial charge in [0, 0.05) is 4.75 Å². The molecule has 70 valence electrons. The van der Waals surface area contributed by atoms with Crippen molar-refractivity contribution in [2.75, 3.05) is 0 Å². The molecule has 0 bridgehead atoms. The predicted octanol–water partition coefficient (Wildman–Crippen LogP) is -0.296. The summed E-state index contributed by atoms with van der Waals surface area (Å²) in [6, 6.07) is -0.902. The quantitative estimate of drug-likeness (QED) is 0.538. The van der Waals surface area contributed by atoms with Crippen molar-refractivity contribution in [3.8, 4) is 0 Å². The molecule has 0 unspecified atom stereocenters. The summed E-state index contributed by atoms with van der Waals surface area (Å²) >= 11 is 3.98. The van der Waals surface area contributed by atoms with Crippen molar-refractivity contribution in [1.82, 2.24) is 0 Å². The number of rotatable bonds is 2. The minimum Gasteiger partial charge on any atom is -0.480 e. The molecule has 1 atom stereocenters. The zero-order valence-corrected chi connectivity index (χ0v) is 8.08. The van der Waals surface area contributed by atoms with Crippen molar-refractivity contribution in [2.45, 2.75) is 24.6 Å². The zero-order valence-electron chi connectivity index (χ0n) is 6.37. The molecule has 0 aliphatic rings. The maximum absolute atomic E-state index is 10.2. The third-order valence-electron chi connectivity index (χ3n) is 1.03. The Kier molecular flexibility index (Phi) is 8.84. The van der Waals surface area contributed by atoms with E-state index in [1.165, 1.54) is 0 Å². The monoisotopic (exact) mass is 203 g/mol. The van der Waals surface area contributed by atoms with Gasteiger partial charge < -0.3 is 16.3 Å². The van der Waals surface area contributed by atoms with Crippen LogP contribution in [0.3, 0.4) is 0 Å². The van der Waals surface area contributed by atoms with Gasteiger partial charge in [-0.2, -0.15) is 12.6 Å². The number of nitrogens with two attached hydrogens (primary N) is 1. The van der Waals surface area contributed by atoms with Crippen LogP contribution < -0.4 is 5.73 Å². The summed E-state index contributed by atoms with van der Waals surface area (Å²) in [5.74, 6) is -1.02. The first-order valence-electron chi connectivity index (χ1n) is 2.56. The van der Waals surface area contributed by atoms with E-state index in [4.69, 9.17) is 10.8 Å². The molecular weight excluding hydrogens is 190 g/mol. The van der Waals surface area contributed by atoms with Gasteiger partial charge in [-0.15, -0.1) is 12.4 Å². The van der Waals surface area contributed by atoms with Crippen molar-refractivity contribution in [1.29, 1.82) is 0 Å². The summed E-state index contributed by atoms with van der Waals surface area (Å²) in [6.07, 6.45) is 0. The predicted molar refractivity (Wildman–Crippen MR) is 49.5 cm³/mol. The fourth-order valence-corrected chi connectivity index (χ4v) is 0.413. The van der Waals surface area contributed by atoms with Gasteiger partial charge in [0.25, 0.3) is 0 Å². The first kappa shape index (κ1) is 17.2. The second-order valence-corrected chi connectivity index (χ2v) is 3.62. The number of hydrogen-bond acceptors (Lipinski definition) is 3. The van der Waals surface area contributed by atoms with Gasteiger partial charge in [-0.25, -0.2) is 0 Å². The highest BCUT2D eigenvalue weighted by Crippen LogP contribution is 2.15. The molecule has 0 saturated carbocycles. The Balaban J connectivity index is -0.000000320. The number of halogens is 1. The minimum absolute atomic E-state index is 0. The SMILES string of the molecule is CC(C)(S)[C@H](N)C(=O)O.Cl.O. The second kappa shape index (κ2) is 5.65. The molecule has 0 heterocycles. The van der Waals surface area contributed by atoms with E-state index in [9.17, 15) is 4.79 Å². The van der Waals surface area contributed by atoms with Gasteiger partial charge in [0.2, 0.25) is 0 Å². The van der Waals surface area contributed by atoms with E-state index in [1.54, 1.807) is 13.8 Å². The van der Waals surface area contributed by atoms with E-state index in [-0.39, 0.29) is 17.9 Å². The first-order chi connectivity index (χ1) is 3.85. The Labute approximate surface area is 77.3 Å². The third kappa shape index (κ3) is 6.43. The van der Waals surface area contributed by atoms with E-state index in [0.29, 0.717) is 0 Å². The summed E-state index contributed by atoms with van der Waals surface area (Å²) in [4.78, 5) is 10.2. The Morgan fingerprint density at radius 2 is 1.91 bits per heavy atom. The van der Waals surface area contributed by atoms with E-state index < -0.39 is 16.8 Å². The number of carbonyl (C=O) groups is 1. The molecular formula is C5H14ClNO3S. The Morgan fingerprint density at radius 1 is 1.64 bits per heavy atom. The molecule has 11 heavy (non-hydrogen) atoms. The van der Waals surface area contributed by atoms with Crippen molar-refractivity contribution < 1.29 is 15.4 Å². The highest BCUT2D eigenvalue weighted by molar-refractivity contribution is 7.81. The Hall–Kier alpha value is 0.0300. The molecule has 6 heteroatoms. The lowest BCUT2D eigenvalue weighted by atomic mass is 10.1. The van der Waals surface area contributed by atoms with E-state index in [0.717, 1.165) is 0 Å². The zero-order chi connectivity index (χ0) is 7.65. The summed E-state index contributed by atoms with van der Waals surface area (Å²) in [6.45, 7) is 3.32. The lowest BCUT2D eigenvalue weighted by Gasteiger charge is -2.21. The van der Waals surface area contributed by atoms with Crippen LogP contribution in [0.25, 0.3) is 0 Å². The van der Waals surface area contributed by atoms with Gasteiger partial charge in [-0.3, -0.25) is 4.79 Å². The lowest BCUT2D eigenvalue weighted by molar-refractivity contribution is -0.139. The van der Waals surface area contributed by atoms with Crippen LogP contribution in [0.4, 0.5) is 0 Å². The van der Waals surface area contributed by atoms with Crippen molar-refractivity contribution in [3.05, 3.63) is 0 Å². The van der Waals surface area contributed by atoms with Crippen LogP contribution in [0.2, 0.25) is 0 Å². The minimum atomic E-state index is -1.02. The summed E-state index contributed by atoms with van der Waals surface area (Å²) in [5.41, 5.74) is 5.22. The summed E-state index contributed by atoms with van der Waals surface area (Å²) in [5, 5.41) is 8.34. The summed E-state index contributed by atoms with van der Waals surface area (Å²) in [7, 11) is 0. The molecule has 0 rings (SSSR count). The topological polar surface area (TPSA) is 94.8 Å². The average molecular weight is 204 g/mol. The van der Waals surface area contributed by atoms with Crippen molar-refractivity contribution >= 4 is 31.0 Å². The van der Waals surface area contributed by atoms with Crippen LogP contribution in [0, 0.1) is 0 Å². The van der Waals surface area contributed by atoms with Crippen LogP contribution in [0.5, 0.6) is 0 Å². The van der Waals surface area contributed by atoms with Crippen LogP contribution in [-0.4, -0.2) is 27.3 Å². The van der Waals surface area contributed by atoms with Gasteiger partial charge in [0.15, 0.2) is 0 Å². The molecule has 0 aromatic carbocycles. The second-order valence-electron chi connectivity index (χ2n) is 2.47. The lowest BCUT2D eigenvalue weighted by Crippen LogP contribution is -2.45. The highest BCUT2D eigenvalue weighted by Gasteiger charge is 2.27. The summed E-state index contributed by atoms with van der Waals surface area (Å²) < 4.78 is -0.647. The average Bonchev–Trinajstić information content (AvgIpc) is 1.62. The normalized spacial score (nSPS) is 12.4. The highest BCUT2D eigenvalue weighted by atomic mass is 35.5. The molecule has 0 spiro atoms. The number of aliphatic carboxylic acids is 1. The number of hydrogen-bond donors (Lipinski definition) is 3. The molecule has 0 aliphatic heterocycles. The first-order valence-corrected chi connectivity index (χ1v) is 3.01. The van der Waals surface area contributed by atoms with Gasteiger partial charge >= 0.3 is 5.97 Å². The molecule has 5 N–H and O–H groups in total. The number of thiol groups is 1. The molecule has 0 aliphatic carbocycles. The van der Waals surface area contributed by atoms with Crippen LogP contribution >= 0.6 is 25.0 Å². The van der Waals surface area contributed by atoms with E-state index >= 15 is 0 Å². The molecule has 0 aromatic rings. The fraction of sp³-hybridized carbons (Fsp3) is 0.800. The van der Waals surface area contributed by atoms with Crippen LogP contribution in [0.1, 0.15) is 13.8 Å². The fourth-order valence-electron chi connectivity index (χ4n) is 0.302.